The summed E-state index contributed by atoms with van der Waals surface area (Å²) >= 11 is 6.14. The highest BCUT2D eigenvalue weighted by Crippen LogP contribution is 2.25. The molecule has 0 radical (unpaired) electrons. The number of hydrogen-bond acceptors (Lipinski definition) is 4. The smallest absolute Gasteiger partial charge is 0.233 e. The second-order valence-electron chi connectivity index (χ2n) is 6.19. The molecule has 0 aliphatic carbocycles. The molecule has 0 saturated heterocycles. The first-order valence-electron chi connectivity index (χ1n) is 8.50. The molecule has 0 bridgehead atoms. The molecule has 0 fully saturated rings. The molecule has 0 N–H and O–H groups in total. The van der Waals surface area contributed by atoms with Gasteiger partial charge in [-0.2, -0.15) is 4.39 Å². The molecule has 28 heavy (non-hydrogen) atoms. The van der Waals surface area contributed by atoms with Gasteiger partial charge in [0.2, 0.25) is 11.9 Å². The van der Waals surface area contributed by atoms with Crippen molar-refractivity contribution in [3.63, 3.8) is 0 Å². The number of nitrogens with zero attached hydrogens (tertiary/aromatic N) is 5. The third-order valence-electron chi connectivity index (χ3n) is 4.39. The van der Waals surface area contributed by atoms with Crippen molar-refractivity contribution < 1.29 is 9.18 Å². The number of para-hydroxylation sites is 1. The SMILES string of the molecule is CN(C(=O)Cc1c(-c2ccc(F)nn2)nc2ccc(Cl)cn12)c1ccccc1. The van der Waals surface area contributed by atoms with Crippen molar-refractivity contribution in [3.05, 3.63) is 77.5 Å². The molecule has 8 heteroatoms. The average molecular weight is 396 g/mol. The third kappa shape index (κ3) is 3.44. The maximum atomic E-state index is 13.2. The molecule has 4 aromatic rings. The van der Waals surface area contributed by atoms with E-state index in [4.69, 9.17) is 11.6 Å². The normalized spacial score (nSPS) is 11.0. The Balaban J connectivity index is 1.78. The van der Waals surface area contributed by atoms with Crippen LogP contribution in [0.5, 0.6) is 0 Å². The summed E-state index contributed by atoms with van der Waals surface area (Å²) in [6.07, 6.45) is 1.75. The topological polar surface area (TPSA) is 63.4 Å². The molecule has 0 aliphatic heterocycles. The number of rotatable bonds is 4. The van der Waals surface area contributed by atoms with Crippen LogP contribution in [0, 0.1) is 5.95 Å². The molecular formula is C20H15ClFN5O. The summed E-state index contributed by atoms with van der Waals surface area (Å²) in [7, 11) is 1.71. The molecule has 1 aromatic carbocycles. The quantitative estimate of drug-likeness (QED) is 0.527. The number of fused-ring (bicyclic) bond motifs is 1. The van der Waals surface area contributed by atoms with Gasteiger partial charge in [0.05, 0.1) is 17.1 Å². The second-order valence-corrected chi connectivity index (χ2v) is 6.63. The van der Waals surface area contributed by atoms with E-state index in [1.54, 1.807) is 34.7 Å². The standard InChI is InChI=1S/C20H15ClFN5O/c1-26(14-5-3-2-4-6-14)19(28)11-16-20(15-8-9-17(22)25-24-15)23-18-10-7-13(21)12-27(16)18/h2-10,12H,11H2,1H3. The minimum atomic E-state index is -0.683. The summed E-state index contributed by atoms with van der Waals surface area (Å²) in [6.45, 7) is 0. The summed E-state index contributed by atoms with van der Waals surface area (Å²) in [5.41, 5.74) is 2.83. The zero-order chi connectivity index (χ0) is 19.7. The molecule has 3 aromatic heterocycles. The van der Waals surface area contributed by atoms with Gasteiger partial charge in [-0.1, -0.05) is 29.8 Å². The van der Waals surface area contributed by atoms with Gasteiger partial charge in [-0.25, -0.2) is 4.98 Å². The van der Waals surface area contributed by atoms with Gasteiger partial charge in [0.1, 0.15) is 17.0 Å². The maximum absolute atomic E-state index is 13.2. The average Bonchev–Trinajstić information content (AvgIpc) is 3.06. The van der Waals surface area contributed by atoms with Crippen LogP contribution in [0.15, 0.2) is 60.8 Å². The summed E-state index contributed by atoms with van der Waals surface area (Å²) in [5.74, 6) is -0.818. The summed E-state index contributed by atoms with van der Waals surface area (Å²) in [6, 6.07) is 15.5. The number of carbonyl (C=O) groups is 1. The molecule has 1 amide bonds. The van der Waals surface area contributed by atoms with Crippen molar-refractivity contribution in [2.24, 2.45) is 0 Å². The van der Waals surface area contributed by atoms with E-state index in [2.05, 4.69) is 15.2 Å². The molecule has 6 nitrogen and oxygen atoms in total. The van der Waals surface area contributed by atoms with E-state index >= 15 is 0 Å². The molecule has 0 unspecified atom stereocenters. The zero-order valence-electron chi connectivity index (χ0n) is 14.9. The van der Waals surface area contributed by atoms with Gasteiger partial charge in [0.25, 0.3) is 0 Å². The number of imidazole rings is 1. The van der Waals surface area contributed by atoms with Gasteiger partial charge < -0.3 is 9.30 Å². The molecule has 4 rings (SSSR count). The van der Waals surface area contributed by atoms with E-state index < -0.39 is 5.95 Å². The second kappa shape index (κ2) is 7.36. The first-order chi connectivity index (χ1) is 13.5. The highest BCUT2D eigenvalue weighted by molar-refractivity contribution is 6.30. The number of amides is 1. The number of carbonyl (C=O) groups excluding carboxylic acids is 1. The summed E-state index contributed by atoms with van der Waals surface area (Å²) in [4.78, 5) is 19.1. The Morgan fingerprint density at radius 2 is 1.89 bits per heavy atom. The maximum Gasteiger partial charge on any atom is 0.233 e. The van der Waals surface area contributed by atoms with Crippen LogP contribution in [0.25, 0.3) is 17.0 Å². The molecule has 0 aliphatic rings. The molecule has 3 heterocycles. The van der Waals surface area contributed by atoms with Crippen molar-refractivity contribution in [2.45, 2.75) is 6.42 Å². The fraction of sp³-hybridized carbons (Fsp3) is 0.100. The summed E-state index contributed by atoms with van der Waals surface area (Å²) < 4.78 is 14.9. The highest BCUT2D eigenvalue weighted by Gasteiger charge is 2.21. The fourth-order valence-corrected chi connectivity index (χ4v) is 3.10. The molecule has 0 spiro atoms. The summed E-state index contributed by atoms with van der Waals surface area (Å²) in [5, 5.41) is 7.84. The van der Waals surface area contributed by atoms with Gasteiger partial charge >= 0.3 is 0 Å². The van der Waals surface area contributed by atoms with Crippen molar-refractivity contribution in [2.75, 3.05) is 11.9 Å². The number of likely N-dealkylation sites (N-methyl/N-ethyl adjacent to an activating group) is 1. The first-order valence-corrected chi connectivity index (χ1v) is 8.88. The van der Waals surface area contributed by atoms with Gasteiger partial charge in [0, 0.05) is 18.9 Å². The number of anilines is 1. The van der Waals surface area contributed by atoms with Crippen molar-refractivity contribution in [1.82, 2.24) is 19.6 Å². The predicted octanol–water partition coefficient (Wildman–Crippen LogP) is 3.79. The number of pyridine rings is 1. The van der Waals surface area contributed by atoms with Crippen LogP contribution >= 0.6 is 11.6 Å². The highest BCUT2D eigenvalue weighted by atomic mass is 35.5. The van der Waals surface area contributed by atoms with E-state index in [0.717, 1.165) is 5.69 Å². The van der Waals surface area contributed by atoms with Gasteiger partial charge in [0.15, 0.2) is 0 Å². The minimum absolute atomic E-state index is 0.0568. The van der Waals surface area contributed by atoms with Gasteiger partial charge in [-0.3, -0.25) is 4.79 Å². The van der Waals surface area contributed by atoms with E-state index in [1.165, 1.54) is 12.1 Å². The first kappa shape index (κ1) is 18.1. The minimum Gasteiger partial charge on any atom is -0.315 e. The lowest BCUT2D eigenvalue weighted by Crippen LogP contribution is -2.28. The van der Waals surface area contributed by atoms with E-state index in [9.17, 15) is 9.18 Å². The van der Waals surface area contributed by atoms with E-state index in [1.807, 2.05) is 30.3 Å². The van der Waals surface area contributed by atoms with E-state index in [0.29, 0.717) is 27.8 Å². The molecular weight excluding hydrogens is 381 g/mol. The van der Waals surface area contributed by atoms with Crippen LogP contribution in [0.2, 0.25) is 5.02 Å². The molecule has 0 atom stereocenters. The lowest BCUT2D eigenvalue weighted by molar-refractivity contribution is -0.117. The van der Waals surface area contributed by atoms with Crippen molar-refractivity contribution in [3.8, 4) is 11.4 Å². The van der Waals surface area contributed by atoms with Crippen LogP contribution < -0.4 is 4.90 Å². The molecule has 0 saturated carbocycles. The number of hydrogen-bond donors (Lipinski definition) is 0. The van der Waals surface area contributed by atoms with Crippen molar-refractivity contribution in [1.29, 1.82) is 0 Å². The van der Waals surface area contributed by atoms with Gasteiger partial charge in [-0.05, 0) is 36.4 Å². The Labute approximate surface area is 165 Å². The van der Waals surface area contributed by atoms with Gasteiger partial charge in [-0.15, -0.1) is 10.2 Å². The lowest BCUT2D eigenvalue weighted by Gasteiger charge is -2.17. The monoisotopic (exact) mass is 395 g/mol. The molecule has 140 valence electrons. The van der Waals surface area contributed by atoms with Crippen LogP contribution in [-0.4, -0.2) is 32.5 Å². The van der Waals surface area contributed by atoms with Crippen LogP contribution in [0.3, 0.4) is 0 Å². The number of benzene rings is 1. The Morgan fingerprint density at radius 3 is 2.61 bits per heavy atom. The zero-order valence-corrected chi connectivity index (χ0v) is 15.6. The lowest BCUT2D eigenvalue weighted by atomic mass is 10.1. The Bertz CT molecular complexity index is 1140. The Morgan fingerprint density at radius 1 is 1.11 bits per heavy atom. The van der Waals surface area contributed by atoms with Crippen LogP contribution in [0.1, 0.15) is 5.69 Å². The fourth-order valence-electron chi connectivity index (χ4n) is 2.94. The number of aromatic nitrogens is 4. The Hall–Kier alpha value is -3.32. The third-order valence-corrected chi connectivity index (χ3v) is 4.62. The predicted molar refractivity (Wildman–Crippen MR) is 105 cm³/mol. The van der Waals surface area contributed by atoms with Crippen LogP contribution in [-0.2, 0) is 11.2 Å². The number of halogens is 2. The largest absolute Gasteiger partial charge is 0.315 e. The van der Waals surface area contributed by atoms with E-state index in [-0.39, 0.29) is 12.3 Å². The Kier molecular flexibility index (Phi) is 4.75. The van der Waals surface area contributed by atoms with Crippen molar-refractivity contribution >= 4 is 28.8 Å². The van der Waals surface area contributed by atoms with Crippen LogP contribution in [0.4, 0.5) is 10.1 Å².